The fraction of sp³-hybridized carbons (Fsp3) is 0.250. The summed E-state index contributed by atoms with van der Waals surface area (Å²) in [5.41, 5.74) is 0.730. The summed E-state index contributed by atoms with van der Waals surface area (Å²) in [5, 5.41) is 0. The van der Waals surface area contributed by atoms with E-state index in [0.717, 1.165) is 5.56 Å². The van der Waals surface area contributed by atoms with Crippen LogP contribution < -0.4 is 0 Å². The molecular formula is C12H8Cl2FNO. The first-order valence-electron chi connectivity index (χ1n) is 5.16. The molecule has 3 rings (SSSR count). The maximum Gasteiger partial charge on any atom is 0.226 e. The van der Waals surface area contributed by atoms with Crippen LogP contribution in [0, 0.1) is 5.82 Å². The van der Waals surface area contributed by atoms with E-state index in [9.17, 15) is 4.39 Å². The second-order valence-electron chi connectivity index (χ2n) is 4.09. The van der Waals surface area contributed by atoms with Crippen molar-refractivity contribution in [2.45, 2.75) is 16.7 Å². The number of halogens is 3. The minimum absolute atomic E-state index is 0.00697. The Morgan fingerprint density at radius 1 is 1.29 bits per heavy atom. The molecule has 1 heterocycles. The van der Waals surface area contributed by atoms with E-state index in [0.29, 0.717) is 18.1 Å². The molecule has 1 saturated carbocycles. The van der Waals surface area contributed by atoms with Gasteiger partial charge in [-0.3, -0.25) is 0 Å². The zero-order valence-corrected chi connectivity index (χ0v) is 10.2. The fourth-order valence-corrected chi connectivity index (χ4v) is 2.22. The molecule has 88 valence electrons. The van der Waals surface area contributed by atoms with E-state index >= 15 is 0 Å². The number of aromatic nitrogens is 1. The van der Waals surface area contributed by atoms with Crippen LogP contribution in [0.25, 0.3) is 11.5 Å². The van der Waals surface area contributed by atoms with Gasteiger partial charge in [0.1, 0.15) is 15.9 Å². The van der Waals surface area contributed by atoms with E-state index in [1.807, 2.05) is 0 Å². The van der Waals surface area contributed by atoms with Crippen molar-refractivity contribution in [2.75, 3.05) is 0 Å². The van der Waals surface area contributed by atoms with Crippen molar-refractivity contribution >= 4 is 23.2 Å². The van der Waals surface area contributed by atoms with Crippen molar-refractivity contribution in [3.05, 3.63) is 42.0 Å². The third-order valence-corrected chi connectivity index (χ3v) is 3.62. The first-order chi connectivity index (χ1) is 8.06. The molecule has 0 amide bonds. The Balaban J connectivity index is 1.88. The van der Waals surface area contributed by atoms with Crippen molar-refractivity contribution in [2.24, 2.45) is 0 Å². The van der Waals surface area contributed by atoms with Gasteiger partial charge < -0.3 is 4.42 Å². The molecule has 1 aliphatic rings. The Labute approximate surface area is 107 Å². The van der Waals surface area contributed by atoms with Crippen LogP contribution in [-0.4, -0.2) is 9.32 Å². The third kappa shape index (κ3) is 2.05. The maximum atomic E-state index is 12.8. The second-order valence-corrected chi connectivity index (χ2v) is 5.63. The van der Waals surface area contributed by atoms with Crippen molar-refractivity contribution in [1.29, 1.82) is 0 Å². The molecule has 0 aliphatic heterocycles. The van der Waals surface area contributed by atoms with E-state index in [-0.39, 0.29) is 11.7 Å². The van der Waals surface area contributed by atoms with Gasteiger partial charge >= 0.3 is 0 Å². The summed E-state index contributed by atoms with van der Waals surface area (Å²) in [6.07, 6.45) is 2.30. The van der Waals surface area contributed by atoms with Gasteiger partial charge in [0.05, 0.1) is 12.1 Å². The molecule has 5 heteroatoms. The second kappa shape index (κ2) is 3.72. The highest BCUT2D eigenvalue weighted by molar-refractivity contribution is 6.51. The highest BCUT2D eigenvalue weighted by Gasteiger charge is 2.54. The van der Waals surface area contributed by atoms with E-state index in [1.54, 1.807) is 18.3 Å². The highest BCUT2D eigenvalue weighted by atomic mass is 35.5. The number of rotatable bonds is 2. The zero-order chi connectivity index (χ0) is 12.0. The lowest BCUT2D eigenvalue weighted by molar-refractivity contribution is 0.519. The molecule has 1 aromatic carbocycles. The largest absolute Gasteiger partial charge is 0.441 e. The van der Waals surface area contributed by atoms with Gasteiger partial charge in [0, 0.05) is 5.56 Å². The Hall–Kier alpha value is -1.06. The summed E-state index contributed by atoms with van der Waals surface area (Å²) in [7, 11) is 0. The molecule has 0 N–H and O–H groups in total. The highest BCUT2D eigenvalue weighted by Crippen LogP contribution is 2.59. The Bertz CT molecular complexity index is 550. The SMILES string of the molecule is Fc1ccc(-c2ncc(C3CC3(Cl)Cl)o2)cc1. The summed E-state index contributed by atoms with van der Waals surface area (Å²) >= 11 is 11.9. The van der Waals surface area contributed by atoms with Crippen LogP contribution in [-0.2, 0) is 0 Å². The molecule has 1 fully saturated rings. The normalized spacial score (nSPS) is 21.5. The molecule has 0 saturated heterocycles. The molecule has 1 atom stereocenters. The fourth-order valence-electron chi connectivity index (χ4n) is 1.70. The van der Waals surface area contributed by atoms with Crippen LogP contribution in [0.2, 0.25) is 0 Å². The summed E-state index contributed by atoms with van der Waals surface area (Å²) in [6.45, 7) is 0. The monoisotopic (exact) mass is 271 g/mol. The van der Waals surface area contributed by atoms with Crippen molar-refractivity contribution in [3.63, 3.8) is 0 Å². The summed E-state index contributed by atoms with van der Waals surface area (Å²) < 4.78 is 17.6. The van der Waals surface area contributed by atoms with E-state index in [2.05, 4.69) is 4.98 Å². The average molecular weight is 272 g/mol. The van der Waals surface area contributed by atoms with Crippen molar-refractivity contribution in [1.82, 2.24) is 4.98 Å². The molecular weight excluding hydrogens is 264 g/mol. The number of nitrogens with zero attached hydrogens (tertiary/aromatic N) is 1. The van der Waals surface area contributed by atoms with Crippen LogP contribution >= 0.6 is 23.2 Å². The van der Waals surface area contributed by atoms with Gasteiger partial charge in [-0.2, -0.15) is 0 Å². The van der Waals surface area contributed by atoms with Gasteiger partial charge in [0.15, 0.2) is 0 Å². The smallest absolute Gasteiger partial charge is 0.226 e. The van der Waals surface area contributed by atoms with Gasteiger partial charge in [-0.15, -0.1) is 23.2 Å². The number of benzene rings is 1. The first kappa shape index (κ1) is 11.1. The van der Waals surface area contributed by atoms with Gasteiger partial charge in [-0.05, 0) is 30.7 Å². The van der Waals surface area contributed by atoms with Gasteiger partial charge in [0.2, 0.25) is 5.89 Å². The van der Waals surface area contributed by atoms with Gasteiger partial charge in [0.25, 0.3) is 0 Å². The lowest BCUT2D eigenvalue weighted by Gasteiger charge is -1.96. The van der Waals surface area contributed by atoms with Gasteiger partial charge in [-0.1, -0.05) is 0 Å². The molecule has 1 aliphatic carbocycles. The predicted octanol–water partition coefficient (Wildman–Crippen LogP) is 4.14. The minimum Gasteiger partial charge on any atom is -0.441 e. The Morgan fingerprint density at radius 2 is 1.94 bits per heavy atom. The van der Waals surface area contributed by atoms with Crippen LogP contribution in [0.4, 0.5) is 4.39 Å². The van der Waals surface area contributed by atoms with Crippen LogP contribution in [0.3, 0.4) is 0 Å². The predicted molar refractivity (Wildman–Crippen MR) is 63.7 cm³/mol. The lowest BCUT2D eigenvalue weighted by Crippen LogP contribution is -1.86. The van der Waals surface area contributed by atoms with E-state index in [4.69, 9.17) is 27.6 Å². The van der Waals surface area contributed by atoms with Gasteiger partial charge in [-0.25, -0.2) is 9.37 Å². The summed E-state index contributed by atoms with van der Waals surface area (Å²) in [6, 6.07) is 5.96. The van der Waals surface area contributed by atoms with Crippen LogP contribution in [0.1, 0.15) is 18.1 Å². The minimum atomic E-state index is -0.723. The Morgan fingerprint density at radius 3 is 2.53 bits per heavy atom. The standard InChI is InChI=1S/C12H8Cl2FNO/c13-12(14)5-9(12)10-6-16-11(17-10)7-1-3-8(15)4-2-7/h1-4,6,9H,5H2. The van der Waals surface area contributed by atoms with E-state index < -0.39 is 4.33 Å². The average Bonchev–Trinajstić information content (AvgIpc) is 2.76. The number of hydrogen-bond donors (Lipinski definition) is 0. The summed E-state index contributed by atoms with van der Waals surface area (Å²) in [4.78, 5) is 4.14. The zero-order valence-electron chi connectivity index (χ0n) is 8.66. The molecule has 1 unspecified atom stereocenters. The molecule has 0 spiro atoms. The maximum absolute atomic E-state index is 12.8. The third-order valence-electron chi connectivity index (χ3n) is 2.78. The molecule has 2 nitrogen and oxygen atoms in total. The van der Waals surface area contributed by atoms with Crippen molar-refractivity contribution < 1.29 is 8.81 Å². The molecule has 17 heavy (non-hydrogen) atoms. The van der Waals surface area contributed by atoms with E-state index in [1.165, 1.54) is 12.1 Å². The van der Waals surface area contributed by atoms with Crippen LogP contribution in [0.15, 0.2) is 34.9 Å². The molecule has 1 aromatic heterocycles. The number of oxazole rings is 1. The molecule has 0 radical (unpaired) electrons. The number of alkyl halides is 2. The molecule has 2 aromatic rings. The topological polar surface area (TPSA) is 26.0 Å². The molecule has 0 bridgehead atoms. The van der Waals surface area contributed by atoms with Crippen LogP contribution in [0.5, 0.6) is 0 Å². The lowest BCUT2D eigenvalue weighted by atomic mass is 10.2. The van der Waals surface area contributed by atoms with Crippen molar-refractivity contribution in [3.8, 4) is 11.5 Å². The number of hydrogen-bond acceptors (Lipinski definition) is 2. The first-order valence-corrected chi connectivity index (χ1v) is 5.91. The Kier molecular flexibility index (Phi) is 2.42. The quantitative estimate of drug-likeness (QED) is 0.768. The summed E-state index contributed by atoms with van der Waals surface area (Å²) in [5.74, 6) is 0.848.